The van der Waals surface area contributed by atoms with Crippen molar-refractivity contribution in [3.05, 3.63) is 63.8 Å². The molecule has 1 N–H and O–H groups in total. The van der Waals surface area contributed by atoms with E-state index in [9.17, 15) is 14.9 Å². The van der Waals surface area contributed by atoms with Crippen LogP contribution in [0.4, 0.5) is 5.69 Å². The molecule has 0 aliphatic rings. The van der Waals surface area contributed by atoms with E-state index >= 15 is 0 Å². The lowest BCUT2D eigenvalue weighted by atomic mass is 10.1. The third-order valence-corrected chi connectivity index (χ3v) is 2.81. The van der Waals surface area contributed by atoms with Crippen molar-refractivity contribution < 1.29 is 19.6 Å². The third kappa shape index (κ3) is 3.33. The van der Waals surface area contributed by atoms with E-state index in [0.29, 0.717) is 0 Å². The molecule has 0 amide bonds. The third-order valence-electron chi connectivity index (χ3n) is 2.81. The molecule has 7 nitrogen and oxygen atoms in total. The number of benzene rings is 1. The molecule has 1 heterocycles. The molecule has 21 heavy (non-hydrogen) atoms. The van der Waals surface area contributed by atoms with E-state index in [-0.39, 0.29) is 17.3 Å². The van der Waals surface area contributed by atoms with Crippen LogP contribution in [0.3, 0.4) is 0 Å². The zero-order chi connectivity index (χ0) is 15.4. The van der Waals surface area contributed by atoms with Crippen molar-refractivity contribution >= 4 is 11.7 Å². The number of aromatic carboxylic acids is 1. The van der Waals surface area contributed by atoms with Crippen LogP contribution in [0.5, 0.6) is 5.88 Å². The second kappa shape index (κ2) is 6.00. The molecule has 2 rings (SSSR count). The van der Waals surface area contributed by atoms with Gasteiger partial charge in [-0.15, -0.1) is 0 Å². The van der Waals surface area contributed by atoms with Crippen LogP contribution in [0, 0.1) is 10.1 Å². The topological polar surface area (TPSA) is 103 Å². The van der Waals surface area contributed by atoms with Crippen molar-refractivity contribution in [3.8, 4) is 5.88 Å². The van der Waals surface area contributed by atoms with Crippen LogP contribution >= 0.6 is 0 Å². The number of hydrogen-bond donors (Lipinski definition) is 1. The van der Waals surface area contributed by atoms with Crippen molar-refractivity contribution in [1.29, 1.82) is 0 Å². The van der Waals surface area contributed by atoms with E-state index in [1.54, 1.807) is 19.1 Å². The summed E-state index contributed by atoms with van der Waals surface area (Å²) in [5.41, 5.74) is 0.118. The second-order valence-electron chi connectivity index (χ2n) is 4.25. The van der Waals surface area contributed by atoms with Gasteiger partial charge in [-0.25, -0.2) is 9.78 Å². The van der Waals surface area contributed by atoms with E-state index in [0.717, 1.165) is 17.7 Å². The first-order chi connectivity index (χ1) is 9.99. The van der Waals surface area contributed by atoms with Gasteiger partial charge in [-0.2, -0.15) is 0 Å². The fourth-order valence-corrected chi connectivity index (χ4v) is 1.74. The molecule has 0 saturated heterocycles. The van der Waals surface area contributed by atoms with Crippen LogP contribution in [0.1, 0.15) is 29.1 Å². The van der Waals surface area contributed by atoms with Crippen LogP contribution in [-0.4, -0.2) is 21.0 Å². The summed E-state index contributed by atoms with van der Waals surface area (Å²) in [5, 5.41) is 19.9. The number of ether oxygens (including phenoxy) is 1. The van der Waals surface area contributed by atoms with Crippen molar-refractivity contribution in [2.45, 2.75) is 13.0 Å². The van der Waals surface area contributed by atoms with E-state index in [2.05, 4.69) is 4.98 Å². The summed E-state index contributed by atoms with van der Waals surface area (Å²) in [5.74, 6) is -1.58. The fraction of sp³-hybridized carbons (Fsp3) is 0.143. The molecule has 1 unspecified atom stereocenters. The summed E-state index contributed by atoms with van der Waals surface area (Å²) in [6.07, 6.45) is -0.499. The number of nitrogens with zero attached hydrogens (tertiary/aromatic N) is 2. The van der Waals surface area contributed by atoms with Gasteiger partial charge in [0.1, 0.15) is 6.10 Å². The molecule has 0 fully saturated rings. The smallest absolute Gasteiger partial charge is 0.354 e. The highest BCUT2D eigenvalue weighted by Gasteiger charge is 2.22. The Morgan fingerprint density at radius 1 is 1.29 bits per heavy atom. The molecule has 0 radical (unpaired) electrons. The van der Waals surface area contributed by atoms with Crippen molar-refractivity contribution in [2.75, 3.05) is 0 Å². The molecule has 0 saturated carbocycles. The highest BCUT2D eigenvalue weighted by atomic mass is 16.6. The average molecular weight is 288 g/mol. The molecule has 1 aromatic heterocycles. The number of nitro groups is 1. The van der Waals surface area contributed by atoms with Gasteiger partial charge in [0, 0.05) is 6.07 Å². The Balaban J connectivity index is 2.35. The number of pyridine rings is 1. The highest BCUT2D eigenvalue weighted by Crippen LogP contribution is 2.29. The number of carboxylic acid groups (broad SMARTS) is 1. The van der Waals surface area contributed by atoms with Crippen LogP contribution in [0.25, 0.3) is 0 Å². The van der Waals surface area contributed by atoms with Crippen LogP contribution in [-0.2, 0) is 0 Å². The molecule has 0 spiro atoms. The van der Waals surface area contributed by atoms with Gasteiger partial charge in [0.15, 0.2) is 5.69 Å². The largest absolute Gasteiger partial charge is 0.477 e. The zero-order valence-electron chi connectivity index (χ0n) is 11.1. The van der Waals surface area contributed by atoms with Crippen molar-refractivity contribution in [3.63, 3.8) is 0 Å². The molecule has 2 aromatic rings. The molecule has 0 aliphatic heterocycles. The lowest BCUT2D eigenvalue weighted by Crippen LogP contribution is -2.09. The fourth-order valence-electron chi connectivity index (χ4n) is 1.74. The Labute approximate surface area is 120 Å². The number of rotatable bonds is 5. The Bertz CT molecular complexity index is 672. The quantitative estimate of drug-likeness (QED) is 0.670. The van der Waals surface area contributed by atoms with Crippen molar-refractivity contribution in [2.24, 2.45) is 0 Å². The first-order valence-corrected chi connectivity index (χ1v) is 6.09. The van der Waals surface area contributed by atoms with Gasteiger partial charge >= 0.3 is 11.7 Å². The minimum Gasteiger partial charge on any atom is -0.477 e. The predicted octanol–water partition coefficient (Wildman–Crippen LogP) is 2.83. The standard InChI is InChI=1S/C14H12N2O5/c1-9(10-5-3-2-4-6-10)21-13-12(16(19)20)8-7-11(15-13)14(17)18/h2-9H,1H3,(H,17,18). The molecular formula is C14H12N2O5. The lowest BCUT2D eigenvalue weighted by Gasteiger charge is -2.14. The predicted molar refractivity (Wildman–Crippen MR) is 73.3 cm³/mol. The molecule has 108 valence electrons. The summed E-state index contributed by atoms with van der Waals surface area (Å²) in [6.45, 7) is 1.70. The van der Waals surface area contributed by atoms with Crippen LogP contribution in [0.15, 0.2) is 42.5 Å². The second-order valence-corrected chi connectivity index (χ2v) is 4.25. The monoisotopic (exact) mass is 288 g/mol. The summed E-state index contributed by atoms with van der Waals surface area (Å²) >= 11 is 0. The first-order valence-electron chi connectivity index (χ1n) is 6.09. The van der Waals surface area contributed by atoms with Crippen LogP contribution in [0.2, 0.25) is 0 Å². The number of aromatic nitrogens is 1. The maximum Gasteiger partial charge on any atom is 0.354 e. The molecular weight excluding hydrogens is 276 g/mol. The molecule has 7 heteroatoms. The highest BCUT2D eigenvalue weighted by molar-refractivity contribution is 5.85. The molecule has 0 bridgehead atoms. The van der Waals surface area contributed by atoms with Gasteiger partial charge in [0.05, 0.1) is 4.92 Å². The average Bonchev–Trinajstić information content (AvgIpc) is 2.47. The van der Waals surface area contributed by atoms with Gasteiger partial charge < -0.3 is 9.84 Å². The SMILES string of the molecule is CC(Oc1nc(C(=O)O)ccc1[N+](=O)[O-])c1ccccc1. The number of carboxylic acids is 1. The minimum absolute atomic E-state index is 0.309. The first kappa shape index (κ1) is 14.4. The Morgan fingerprint density at radius 3 is 2.52 bits per heavy atom. The zero-order valence-corrected chi connectivity index (χ0v) is 11.1. The number of carbonyl (C=O) groups is 1. The minimum atomic E-state index is -1.28. The molecule has 1 aromatic carbocycles. The Kier molecular flexibility index (Phi) is 4.13. The Hall–Kier alpha value is -2.96. The Morgan fingerprint density at radius 2 is 1.95 bits per heavy atom. The van der Waals surface area contributed by atoms with Gasteiger partial charge in [0.2, 0.25) is 0 Å². The van der Waals surface area contributed by atoms with E-state index in [1.165, 1.54) is 0 Å². The van der Waals surface area contributed by atoms with Crippen LogP contribution < -0.4 is 4.74 Å². The lowest BCUT2D eigenvalue weighted by molar-refractivity contribution is -0.386. The maximum absolute atomic E-state index is 11.0. The van der Waals surface area contributed by atoms with Gasteiger partial charge in [-0.1, -0.05) is 30.3 Å². The normalized spacial score (nSPS) is 11.7. The van der Waals surface area contributed by atoms with E-state index < -0.39 is 17.0 Å². The summed E-state index contributed by atoms with van der Waals surface area (Å²) < 4.78 is 5.47. The summed E-state index contributed by atoms with van der Waals surface area (Å²) in [7, 11) is 0. The van der Waals surface area contributed by atoms with Gasteiger partial charge in [0.25, 0.3) is 5.88 Å². The number of hydrogen-bond acceptors (Lipinski definition) is 5. The van der Waals surface area contributed by atoms with Crippen molar-refractivity contribution in [1.82, 2.24) is 4.98 Å². The van der Waals surface area contributed by atoms with Gasteiger partial charge in [-0.3, -0.25) is 10.1 Å². The van der Waals surface area contributed by atoms with E-state index in [4.69, 9.17) is 9.84 Å². The molecule has 1 atom stereocenters. The maximum atomic E-state index is 11.0. The summed E-state index contributed by atoms with van der Waals surface area (Å²) in [4.78, 5) is 24.9. The van der Waals surface area contributed by atoms with E-state index in [1.807, 2.05) is 18.2 Å². The summed E-state index contributed by atoms with van der Waals surface area (Å²) in [6, 6.07) is 11.2. The van der Waals surface area contributed by atoms with Gasteiger partial charge in [-0.05, 0) is 18.6 Å². The molecule has 0 aliphatic carbocycles.